The van der Waals surface area contributed by atoms with E-state index in [9.17, 15) is 73.0 Å². The summed E-state index contributed by atoms with van der Waals surface area (Å²) in [6.45, 7) is 52.8. The molecular weight excluding hydrogens is 1910 g/mol. The van der Waals surface area contributed by atoms with Crippen LogP contribution in [0.4, 0.5) is 0 Å². The summed E-state index contributed by atoms with van der Waals surface area (Å²) in [6.07, 6.45) is 37.1. The first-order valence-corrected chi connectivity index (χ1v) is 59.1. The van der Waals surface area contributed by atoms with Gasteiger partial charge in [-0.05, 0) is 414 Å². The maximum absolute atomic E-state index is 12.7. The maximum atomic E-state index is 12.7. The van der Waals surface area contributed by atoms with Crippen LogP contribution in [0, 0.1) is 155 Å². The third-order valence-electron chi connectivity index (χ3n) is 42.8. The van der Waals surface area contributed by atoms with Crippen LogP contribution in [0.1, 0.15) is 450 Å². The van der Waals surface area contributed by atoms with Crippen LogP contribution in [0.15, 0.2) is 0 Å². The lowest BCUT2D eigenvalue weighted by Crippen LogP contribution is -2.61. The number of carbonyl (C=O) groups excluding carboxylic acids is 12. The quantitative estimate of drug-likeness (QED) is 0.0399. The number of rotatable bonds is 29. The molecule has 5 aliphatic heterocycles. The second-order valence-electron chi connectivity index (χ2n) is 56.1. The number of carbonyl (C=O) groups is 12. The monoisotopic (exact) mass is 2100 g/mol. The number of hydrogen-bond acceptors (Lipinski definition) is 28. The van der Waals surface area contributed by atoms with E-state index in [2.05, 4.69) is 33.8 Å². The smallest absolute Gasteiger partial charge is 0.344 e. The molecule has 5 saturated heterocycles. The molecule has 0 amide bonds. The van der Waals surface area contributed by atoms with E-state index in [0.29, 0.717) is 86.4 Å². The summed E-state index contributed by atoms with van der Waals surface area (Å²) in [5, 5.41) is 30.6. The number of nitriles is 1. The summed E-state index contributed by atoms with van der Waals surface area (Å²) in [7, 11) is 0. The molecule has 23 aliphatic rings. The lowest BCUT2D eigenvalue weighted by atomic mass is 9.52. The van der Waals surface area contributed by atoms with Crippen molar-refractivity contribution in [1.82, 2.24) is 0 Å². The van der Waals surface area contributed by atoms with Gasteiger partial charge in [-0.2, -0.15) is 5.26 Å². The van der Waals surface area contributed by atoms with Gasteiger partial charge in [-0.15, -0.1) is 0 Å². The lowest BCUT2D eigenvalue weighted by molar-refractivity contribution is -0.226. The highest BCUT2D eigenvalue weighted by Crippen LogP contribution is 2.72. The first-order valence-electron chi connectivity index (χ1n) is 59.1. The summed E-state index contributed by atoms with van der Waals surface area (Å²) in [5.41, 5.74) is -6.71. The lowest BCUT2D eigenvalue weighted by Gasteiger charge is -2.59. The highest BCUT2D eigenvalue weighted by molar-refractivity contribution is 5.86. The van der Waals surface area contributed by atoms with E-state index in [-0.39, 0.29) is 146 Å². The van der Waals surface area contributed by atoms with Crippen molar-refractivity contribution in [3.63, 3.8) is 0 Å². The van der Waals surface area contributed by atoms with Crippen molar-refractivity contribution in [2.75, 3.05) is 6.61 Å². The number of fused-ring (bicyclic) bond motifs is 12. The molecule has 5 heterocycles. The van der Waals surface area contributed by atoms with Crippen molar-refractivity contribution >= 4 is 71.6 Å². The van der Waals surface area contributed by atoms with Crippen LogP contribution in [0.25, 0.3) is 0 Å². The van der Waals surface area contributed by atoms with Crippen LogP contribution in [0.5, 0.6) is 0 Å². The van der Waals surface area contributed by atoms with Gasteiger partial charge in [-0.3, -0.25) is 52.7 Å². The molecule has 26 atom stereocenters. The first kappa shape index (κ1) is 118. The molecule has 23 fully saturated rings. The third-order valence-corrected chi connectivity index (χ3v) is 42.8. The third kappa shape index (κ3) is 23.6. The Hall–Kier alpha value is -6.99. The average Bonchev–Trinajstić information content (AvgIpc) is 1.53. The standard InChI is InChI=1S/C20H32O2.C17H21NO6.2C16H26O3.C14H20O4.C13H18O5.2C13H24O2/c1-5-19(3,4)18(21)22-20(6-2)11-14-10-15(20)17-13-8-7-12(9-13)16(14)17;1-4-16(2,3)14(20)22-7-11(19)23-12-9-5-10-13(12)24-15(21)17(10,6-9)8-18;2*1-4-14(2,3)13(17)19-16-8-11-5-12(9-16)7-15(18,6-11)10-16;1-4-14(2,3)13(16)18-10-7-5-8-9(6-7)12(15)17-11(8)10;1-4-13(2,3)12(15)18-9-7-5-6-8(16-7)10(9)17-11(6)14;2*1-5-12(3,4)11(14)15-13(6-2)9-7-8-10-13/h12-17H,5-11H2,1-4H3;9-10,12-13H,4-7H2,1-3H3;2*11-12,18H,4-10H2,1-3H3;7-11H,4-6H2,1-3H3;6-10H,4-5H2,1-3H3;2*5-10H2,1-4H3. The molecule has 846 valence electrons. The van der Waals surface area contributed by atoms with Gasteiger partial charge in [0.25, 0.3) is 0 Å². The van der Waals surface area contributed by atoms with Crippen molar-refractivity contribution in [1.29, 1.82) is 5.26 Å². The van der Waals surface area contributed by atoms with Gasteiger partial charge >= 0.3 is 71.6 Å². The average molecular weight is 2100 g/mol. The molecule has 28 nitrogen and oxygen atoms in total. The summed E-state index contributed by atoms with van der Waals surface area (Å²) in [4.78, 5) is 145. The topological polar surface area (TPSA) is 389 Å². The fourth-order valence-electron chi connectivity index (χ4n) is 30.5. The molecule has 18 saturated carbocycles. The zero-order chi connectivity index (χ0) is 110. The normalized spacial score (nSPS) is 38.1. The Labute approximate surface area is 895 Å². The molecule has 26 unspecified atom stereocenters. The molecule has 23 rings (SSSR count). The number of hydrogen-bond donors (Lipinski definition) is 2. The van der Waals surface area contributed by atoms with E-state index in [1.807, 2.05) is 145 Å². The Morgan fingerprint density at radius 1 is 0.360 bits per heavy atom. The van der Waals surface area contributed by atoms with Crippen LogP contribution in [0.2, 0.25) is 0 Å². The predicted molar refractivity (Wildman–Crippen MR) is 559 cm³/mol. The molecular formula is C122H191NO27. The van der Waals surface area contributed by atoms with Crippen LogP contribution < -0.4 is 0 Å². The number of ether oxygens (including phenoxy) is 13. The van der Waals surface area contributed by atoms with Crippen LogP contribution in [-0.2, 0) is 119 Å². The highest BCUT2D eigenvalue weighted by atomic mass is 16.7. The van der Waals surface area contributed by atoms with Gasteiger partial charge in [0.05, 0.1) is 78.5 Å². The van der Waals surface area contributed by atoms with Crippen LogP contribution in [0.3, 0.4) is 0 Å². The Morgan fingerprint density at radius 2 is 0.753 bits per heavy atom. The van der Waals surface area contributed by atoms with Crippen LogP contribution in [-0.4, -0.2) is 176 Å². The fourth-order valence-corrected chi connectivity index (χ4v) is 30.5. The minimum absolute atomic E-state index is 0.0197. The van der Waals surface area contributed by atoms with Gasteiger partial charge in [0.15, 0.2) is 24.2 Å². The summed E-state index contributed by atoms with van der Waals surface area (Å²) >= 11 is 0. The first-order chi connectivity index (χ1) is 70.0. The van der Waals surface area contributed by atoms with E-state index in [1.54, 1.807) is 13.8 Å². The fraction of sp³-hybridized carbons (Fsp3) is 0.893. The second kappa shape index (κ2) is 44.1. The Bertz CT molecular complexity index is 4720. The van der Waals surface area contributed by atoms with E-state index in [0.717, 1.165) is 184 Å². The predicted octanol–water partition coefficient (Wildman–Crippen LogP) is 22.6. The van der Waals surface area contributed by atoms with Crippen molar-refractivity contribution in [3.05, 3.63) is 0 Å². The zero-order valence-corrected chi connectivity index (χ0v) is 96.6. The van der Waals surface area contributed by atoms with E-state index in [4.69, 9.17) is 61.6 Å². The van der Waals surface area contributed by atoms with Gasteiger partial charge in [-0.25, -0.2) is 4.79 Å². The molecule has 0 spiro atoms. The van der Waals surface area contributed by atoms with Gasteiger partial charge in [0.2, 0.25) is 0 Å². The molecule has 0 aromatic heterocycles. The van der Waals surface area contributed by atoms with Crippen molar-refractivity contribution in [2.45, 2.75) is 538 Å². The SMILES string of the molecule is CCC(C)(C)C(=O)OC1(CC)CC2CC1C1C3CCC(C3)C21.CCC(C)(C)C(=O)OC12CC3CC(CC(O)(C3)C1)C2.CCC(C)(C)C(=O)OC12CC3CC(CC(O)(C3)C1)C2.CCC(C)(C)C(=O)OC1C2CC3C(=O)OC1C3C2.CCC(C)(C)C(=O)OC1C2CC3C(=O)OC1C3O2.CCC(C)(C)C(=O)OCC(=O)OC1C2CC3C1OC(=O)C3(C#N)C2.CCC1(OC(=O)C(C)(C)CC)CCCC1.CCC1(OC(=O)C(C)(C)CC)CCCC1. The molecule has 150 heavy (non-hydrogen) atoms. The van der Waals surface area contributed by atoms with Gasteiger partial charge in [0.1, 0.15) is 58.5 Å². The van der Waals surface area contributed by atoms with E-state index >= 15 is 0 Å². The van der Waals surface area contributed by atoms with Gasteiger partial charge < -0.3 is 71.8 Å². The largest absolute Gasteiger partial charge is 0.459 e. The minimum Gasteiger partial charge on any atom is -0.459 e. The number of esters is 12. The molecule has 28 heteroatoms. The highest BCUT2D eigenvalue weighted by Gasteiger charge is 2.74. The molecule has 0 radical (unpaired) electrons. The summed E-state index contributed by atoms with van der Waals surface area (Å²) < 4.78 is 73.0. The van der Waals surface area contributed by atoms with Crippen molar-refractivity contribution < 1.29 is 129 Å². The molecule has 0 aromatic rings. The molecule has 0 aromatic carbocycles. The molecule has 18 bridgehead atoms. The Morgan fingerprint density at radius 3 is 1.18 bits per heavy atom. The van der Waals surface area contributed by atoms with Gasteiger partial charge in [0, 0.05) is 42.4 Å². The van der Waals surface area contributed by atoms with Crippen LogP contribution >= 0.6 is 0 Å². The van der Waals surface area contributed by atoms with E-state index < -0.39 is 92.6 Å². The molecule has 2 N–H and O–H groups in total. The van der Waals surface area contributed by atoms with Crippen molar-refractivity contribution in [3.8, 4) is 6.07 Å². The van der Waals surface area contributed by atoms with Gasteiger partial charge in [-0.1, -0.05) is 76.2 Å². The maximum Gasteiger partial charge on any atom is 0.344 e. The summed E-state index contributed by atoms with van der Waals surface area (Å²) in [5.74, 6) is 5.41. The zero-order valence-electron chi connectivity index (χ0n) is 96.6. The Balaban J connectivity index is 0.000000136. The summed E-state index contributed by atoms with van der Waals surface area (Å²) in [6, 6.07) is 2.10. The molecule has 18 aliphatic carbocycles. The van der Waals surface area contributed by atoms with Crippen molar-refractivity contribution in [2.24, 2.45) is 143 Å². The number of nitrogens with zero attached hydrogens (tertiary/aromatic N) is 1. The van der Waals surface area contributed by atoms with E-state index in [1.165, 1.54) is 64.2 Å². The minimum atomic E-state index is -1.06. The second-order valence-corrected chi connectivity index (χ2v) is 56.1. The number of aliphatic hydroxyl groups is 2. The Kier molecular flexibility index (Phi) is 34.8.